The zero-order valence-corrected chi connectivity index (χ0v) is 10.9. The van der Waals surface area contributed by atoms with Crippen LogP contribution in [0.25, 0.3) is 0 Å². The fraction of sp³-hybridized carbons (Fsp3) is 0.385. The number of ether oxygens (including phenoxy) is 1. The number of hydrogen-bond donors (Lipinski definition) is 1. The zero-order valence-electron chi connectivity index (χ0n) is 10.9. The number of likely N-dealkylation sites (N-methyl/N-ethyl adjacent to an activating group) is 1. The molecule has 1 N–H and O–H groups in total. The van der Waals surface area contributed by atoms with Crippen molar-refractivity contribution in [1.82, 2.24) is 4.90 Å². The number of carbonyl (C=O) groups is 2. The molecule has 0 unspecified atom stereocenters. The monoisotopic (exact) mass is 250 g/mol. The molecule has 1 rings (SSSR count). The van der Waals surface area contributed by atoms with Crippen molar-refractivity contribution in [3.8, 4) is 5.75 Å². The number of carbonyl (C=O) groups excluding carboxylic acids is 2. The van der Waals surface area contributed by atoms with Crippen LogP contribution in [0.3, 0.4) is 0 Å². The summed E-state index contributed by atoms with van der Waals surface area (Å²) < 4.78 is 5.31. The smallest absolute Gasteiger partial charge is 0.259 e. The quantitative estimate of drug-likeness (QED) is 0.861. The van der Waals surface area contributed by atoms with Crippen molar-refractivity contribution in [2.45, 2.75) is 13.3 Å². The van der Waals surface area contributed by atoms with Crippen LogP contribution in [-0.4, -0.2) is 37.4 Å². The lowest BCUT2D eigenvalue weighted by molar-refractivity contribution is -0.130. The van der Waals surface area contributed by atoms with Crippen molar-refractivity contribution < 1.29 is 14.3 Å². The zero-order chi connectivity index (χ0) is 13.5. The summed E-state index contributed by atoms with van der Waals surface area (Å²) in [4.78, 5) is 23.9. The van der Waals surface area contributed by atoms with E-state index in [4.69, 9.17) is 4.74 Å². The fourth-order valence-electron chi connectivity index (χ4n) is 1.16. The maximum absolute atomic E-state index is 11.3. The van der Waals surface area contributed by atoms with Gasteiger partial charge in [-0.15, -0.1) is 0 Å². The molecule has 0 aromatic heterocycles. The maximum Gasteiger partial charge on any atom is 0.259 e. The van der Waals surface area contributed by atoms with E-state index in [1.165, 1.54) is 4.90 Å². The molecule has 0 spiro atoms. The van der Waals surface area contributed by atoms with Gasteiger partial charge in [-0.3, -0.25) is 9.59 Å². The molecule has 0 atom stereocenters. The highest BCUT2D eigenvalue weighted by Crippen LogP contribution is 2.15. The van der Waals surface area contributed by atoms with E-state index in [-0.39, 0.29) is 18.4 Å². The van der Waals surface area contributed by atoms with Crippen LogP contribution in [0.2, 0.25) is 0 Å². The Morgan fingerprint density at radius 1 is 1.22 bits per heavy atom. The Balaban J connectivity index is 2.50. The fourth-order valence-corrected chi connectivity index (χ4v) is 1.16. The summed E-state index contributed by atoms with van der Waals surface area (Å²) in [6, 6.07) is 6.91. The average Bonchev–Trinajstić information content (AvgIpc) is 2.37. The van der Waals surface area contributed by atoms with Crippen LogP contribution >= 0.6 is 0 Å². The topological polar surface area (TPSA) is 58.6 Å². The molecular formula is C13H18N2O3. The van der Waals surface area contributed by atoms with Crippen LogP contribution in [-0.2, 0) is 9.59 Å². The van der Waals surface area contributed by atoms with Gasteiger partial charge in [0.25, 0.3) is 5.91 Å². The van der Waals surface area contributed by atoms with E-state index < -0.39 is 0 Å². The van der Waals surface area contributed by atoms with Crippen molar-refractivity contribution in [1.29, 1.82) is 0 Å². The molecule has 5 heteroatoms. The van der Waals surface area contributed by atoms with Gasteiger partial charge < -0.3 is 15.0 Å². The number of hydrogen-bond acceptors (Lipinski definition) is 3. The third kappa shape index (κ3) is 4.45. The molecule has 1 aromatic carbocycles. The van der Waals surface area contributed by atoms with Crippen molar-refractivity contribution in [2.24, 2.45) is 0 Å². The molecule has 0 radical (unpaired) electrons. The second kappa shape index (κ2) is 6.64. The molecule has 0 aliphatic carbocycles. The Hall–Kier alpha value is -2.04. The predicted molar refractivity (Wildman–Crippen MR) is 69.6 cm³/mol. The number of amides is 2. The Bertz CT molecular complexity index is 413. The van der Waals surface area contributed by atoms with Gasteiger partial charge in [-0.2, -0.15) is 0 Å². The van der Waals surface area contributed by atoms with Crippen molar-refractivity contribution in [3.63, 3.8) is 0 Å². The number of nitrogens with zero attached hydrogens (tertiary/aromatic N) is 1. The van der Waals surface area contributed by atoms with Gasteiger partial charge in [0, 0.05) is 26.2 Å². The van der Waals surface area contributed by atoms with Gasteiger partial charge >= 0.3 is 0 Å². The Labute approximate surface area is 107 Å². The minimum Gasteiger partial charge on any atom is -0.484 e. The van der Waals surface area contributed by atoms with E-state index >= 15 is 0 Å². The molecule has 0 aliphatic rings. The van der Waals surface area contributed by atoms with Gasteiger partial charge in [0.15, 0.2) is 6.61 Å². The Morgan fingerprint density at radius 3 is 2.33 bits per heavy atom. The minimum atomic E-state index is -0.0987. The van der Waals surface area contributed by atoms with Gasteiger partial charge in [-0.1, -0.05) is 6.92 Å². The van der Waals surface area contributed by atoms with Crippen LogP contribution in [0.4, 0.5) is 5.69 Å². The Morgan fingerprint density at radius 2 is 1.83 bits per heavy atom. The van der Waals surface area contributed by atoms with E-state index in [0.717, 1.165) is 0 Å². The van der Waals surface area contributed by atoms with E-state index in [2.05, 4.69) is 5.32 Å². The third-order valence-electron chi connectivity index (χ3n) is 2.32. The third-order valence-corrected chi connectivity index (χ3v) is 2.32. The summed E-state index contributed by atoms with van der Waals surface area (Å²) in [7, 11) is 3.35. The molecule has 1 aromatic rings. The molecule has 0 saturated heterocycles. The van der Waals surface area contributed by atoms with Crippen molar-refractivity contribution in [3.05, 3.63) is 24.3 Å². The number of rotatable bonds is 5. The van der Waals surface area contributed by atoms with Crippen LogP contribution < -0.4 is 10.1 Å². The van der Waals surface area contributed by atoms with Gasteiger partial charge in [0.1, 0.15) is 5.75 Å². The summed E-state index contributed by atoms with van der Waals surface area (Å²) in [5.74, 6) is 0.463. The molecule has 5 nitrogen and oxygen atoms in total. The molecule has 0 saturated carbocycles. The van der Waals surface area contributed by atoms with Crippen molar-refractivity contribution in [2.75, 3.05) is 26.0 Å². The molecule has 0 fully saturated rings. The van der Waals surface area contributed by atoms with Gasteiger partial charge in [-0.25, -0.2) is 0 Å². The summed E-state index contributed by atoms with van der Waals surface area (Å²) in [6.07, 6.45) is 0.440. The summed E-state index contributed by atoms with van der Waals surface area (Å²) in [5.41, 5.74) is 0.716. The molecule has 98 valence electrons. The summed E-state index contributed by atoms with van der Waals surface area (Å²) >= 11 is 0. The lowest BCUT2D eigenvalue weighted by Crippen LogP contribution is -2.27. The molecular weight excluding hydrogens is 232 g/mol. The largest absolute Gasteiger partial charge is 0.484 e. The molecule has 0 heterocycles. The van der Waals surface area contributed by atoms with E-state index in [0.29, 0.717) is 17.9 Å². The van der Waals surface area contributed by atoms with Crippen LogP contribution in [0.1, 0.15) is 13.3 Å². The summed E-state index contributed by atoms with van der Waals surface area (Å²) in [6.45, 7) is 1.80. The van der Waals surface area contributed by atoms with E-state index in [1.54, 1.807) is 45.3 Å². The van der Waals surface area contributed by atoms with E-state index in [1.807, 2.05) is 0 Å². The van der Waals surface area contributed by atoms with Crippen LogP contribution in [0.15, 0.2) is 24.3 Å². The first kappa shape index (κ1) is 14.0. The number of nitrogens with one attached hydrogen (secondary N) is 1. The lowest BCUT2D eigenvalue weighted by Gasteiger charge is -2.11. The second-order valence-electron chi connectivity index (χ2n) is 4.00. The first-order valence-corrected chi connectivity index (χ1v) is 5.75. The van der Waals surface area contributed by atoms with Gasteiger partial charge in [-0.05, 0) is 24.3 Å². The molecule has 0 aliphatic heterocycles. The molecule has 2 amide bonds. The first-order chi connectivity index (χ1) is 8.52. The Kier molecular flexibility index (Phi) is 5.17. The second-order valence-corrected chi connectivity index (χ2v) is 4.00. The highest BCUT2D eigenvalue weighted by molar-refractivity contribution is 5.90. The normalized spacial score (nSPS) is 9.72. The van der Waals surface area contributed by atoms with Crippen LogP contribution in [0, 0.1) is 0 Å². The standard InChI is InChI=1S/C13H18N2O3/c1-4-12(16)14-10-5-7-11(8-6-10)18-9-13(17)15(2)3/h5-8H,4,9H2,1-3H3,(H,14,16). The van der Waals surface area contributed by atoms with E-state index in [9.17, 15) is 9.59 Å². The van der Waals surface area contributed by atoms with Crippen LogP contribution in [0.5, 0.6) is 5.75 Å². The number of anilines is 1. The summed E-state index contributed by atoms with van der Waals surface area (Å²) in [5, 5.41) is 2.73. The van der Waals surface area contributed by atoms with Gasteiger partial charge in [0.05, 0.1) is 0 Å². The maximum atomic E-state index is 11.3. The molecule has 0 bridgehead atoms. The average molecular weight is 250 g/mol. The number of benzene rings is 1. The minimum absolute atomic E-state index is 0.00760. The highest BCUT2D eigenvalue weighted by atomic mass is 16.5. The molecule has 18 heavy (non-hydrogen) atoms. The highest BCUT2D eigenvalue weighted by Gasteiger charge is 2.05. The first-order valence-electron chi connectivity index (χ1n) is 5.75. The lowest BCUT2D eigenvalue weighted by atomic mass is 10.3. The van der Waals surface area contributed by atoms with Gasteiger partial charge in [0.2, 0.25) is 5.91 Å². The van der Waals surface area contributed by atoms with Crippen molar-refractivity contribution >= 4 is 17.5 Å². The SMILES string of the molecule is CCC(=O)Nc1ccc(OCC(=O)N(C)C)cc1. The predicted octanol–water partition coefficient (Wildman–Crippen LogP) is 1.50.